The van der Waals surface area contributed by atoms with Gasteiger partial charge >= 0.3 is 0 Å². The summed E-state index contributed by atoms with van der Waals surface area (Å²) in [7, 11) is -3.89. The van der Waals surface area contributed by atoms with Crippen LogP contribution in [0.25, 0.3) is 0 Å². The highest BCUT2D eigenvalue weighted by Crippen LogP contribution is 2.41. The quantitative estimate of drug-likeness (QED) is 0.731. The van der Waals surface area contributed by atoms with Crippen molar-refractivity contribution < 1.29 is 22.7 Å². The number of aryl methyl sites for hydroxylation is 1. The Bertz CT molecular complexity index is 1140. The first kappa shape index (κ1) is 18.3. The molecule has 0 saturated carbocycles. The van der Waals surface area contributed by atoms with Crippen LogP contribution in [-0.4, -0.2) is 26.8 Å². The van der Waals surface area contributed by atoms with E-state index in [0.29, 0.717) is 33.9 Å². The molecule has 0 spiro atoms. The van der Waals surface area contributed by atoms with Gasteiger partial charge in [-0.05, 0) is 56.2 Å². The predicted octanol–water partition coefficient (Wildman–Crippen LogP) is 2.36. The van der Waals surface area contributed by atoms with Gasteiger partial charge in [0.15, 0.2) is 6.61 Å². The molecule has 0 atom stereocenters. The Balaban J connectivity index is 1.69. The van der Waals surface area contributed by atoms with Crippen molar-refractivity contribution in [2.24, 2.45) is 0 Å². The van der Waals surface area contributed by atoms with Gasteiger partial charge in [0.05, 0.1) is 21.7 Å². The molecule has 9 heteroatoms. The molecule has 0 aliphatic carbocycles. The molecule has 8 nitrogen and oxygen atoms in total. The molecular weight excluding hydrogens is 382 g/mol. The average molecular weight is 401 g/mol. The van der Waals surface area contributed by atoms with Crippen molar-refractivity contribution in [2.45, 2.75) is 31.1 Å². The number of benzene rings is 2. The number of anilines is 3. The molecule has 2 aromatic rings. The maximum atomic E-state index is 12.9. The summed E-state index contributed by atoms with van der Waals surface area (Å²) in [5, 5.41) is 5.47. The molecule has 0 bridgehead atoms. The second-order valence-corrected chi connectivity index (χ2v) is 9.08. The zero-order chi connectivity index (χ0) is 20.3. The van der Waals surface area contributed by atoms with Crippen molar-refractivity contribution in [1.82, 2.24) is 0 Å². The van der Waals surface area contributed by atoms with Crippen molar-refractivity contribution in [3.63, 3.8) is 0 Å². The largest absolute Gasteiger partial charge is 0.482 e. The maximum absolute atomic E-state index is 12.9. The van der Waals surface area contributed by atoms with Crippen molar-refractivity contribution in [2.75, 3.05) is 22.0 Å². The zero-order valence-corrected chi connectivity index (χ0v) is 16.4. The summed E-state index contributed by atoms with van der Waals surface area (Å²) in [6.07, 6.45) is 0. The van der Waals surface area contributed by atoms with Crippen LogP contribution in [0.3, 0.4) is 0 Å². The van der Waals surface area contributed by atoms with Crippen LogP contribution in [0.1, 0.15) is 25.0 Å². The molecular formula is C19H19N3O5S. The fourth-order valence-corrected chi connectivity index (χ4v) is 4.47. The molecule has 146 valence electrons. The Morgan fingerprint density at radius 1 is 1.11 bits per heavy atom. The second kappa shape index (κ2) is 5.96. The Labute approximate surface area is 162 Å². The van der Waals surface area contributed by atoms with Crippen molar-refractivity contribution >= 4 is 38.9 Å². The lowest BCUT2D eigenvalue weighted by molar-refractivity contribution is -0.120. The minimum absolute atomic E-state index is 0.0697. The number of amides is 2. The van der Waals surface area contributed by atoms with Gasteiger partial charge in [0.25, 0.3) is 15.9 Å². The fraction of sp³-hybridized carbons (Fsp3) is 0.263. The third-order valence-corrected chi connectivity index (χ3v) is 6.33. The van der Waals surface area contributed by atoms with Gasteiger partial charge in [0.1, 0.15) is 5.75 Å². The SMILES string of the molecule is Cc1cc(S(=O)(=O)Nc2ccc3c(c2)OCC(=O)N3)cc2c1NC(=O)C2(C)C. The van der Waals surface area contributed by atoms with Crippen LogP contribution >= 0.6 is 0 Å². The van der Waals surface area contributed by atoms with Gasteiger partial charge in [0, 0.05) is 11.8 Å². The van der Waals surface area contributed by atoms with E-state index in [0.717, 1.165) is 0 Å². The molecule has 2 heterocycles. The van der Waals surface area contributed by atoms with E-state index in [1.165, 1.54) is 18.2 Å². The molecule has 0 saturated heterocycles. The van der Waals surface area contributed by atoms with Crippen molar-refractivity contribution in [3.05, 3.63) is 41.5 Å². The Kier molecular flexibility index (Phi) is 3.90. The highest BCUT2D eigenvalue weighted by molar-refractivity contribution is 7.92. The molecule has 0 unspecified atom stereocenters. The Morgan fingerprint density at radius 3 is 2.61 bits per heavy atom. The van der Waals surface area contributed by atoms with E-state index in [4.69, 9.17) is 4.74 Å². The highest BCUT2D eigenvalue weighted by atomic mass is 32.2. The number of carbonyl (C=O) groups excluding carboxylic acids is 2. The van der Waals surface area contributed by atoms with Crippen LogP contribution in [0.4, 0.5) is 17.1 Å². The maximum Gasteiger partial charge on any atom is 0.262 e. The lowest BCUT2D eigenvalue weighted by atomic mass is 9.85. The van der Waals surface area contributed by atoms with Gasteiger partial charge in [-0.15, -0.1) is 0 Å². The molecule has 3 N–H and O–H groups in total. The lowest BCUT2D eigenvalue weighted by Gasteiger charge is -2.19. The average Bonchev–Trinajstić information content (AvgIpc) is 2.85. The molecule has 28 heavy (non-hydrogen) atoms. The third-order valence-electron chi connectivity index (χ3n) is 4.97. The van der Waals surface area contributed by atoms with E-state index in [1.54, 1.807) is 32.9 Å². The van der Waals surface area contributed by atoms with E-state index < -0.39 is 15.4 Å². The lowest BCUT2D eigenvalue weighted by Crippen LogP contribution is -2.27. The number of sulfonamides is 1. The number of hydrogen-bond acceptors (Lipinski definition) is 5. The third kappa shape index (κ3) is 2.88. The van der Waals surface area contributed by atoms with Crippen molar-refractivity contribution in [1.29, 1.82) is 0 Å². The van der Waals surface area contributed by atoms with Crippen LogP contribution in [0.15, 0.2) is 35.2 Å². The summed E-state index contributed by atoms with van der Waals surface area (Å²) in [4.78, 5) is 23.6. The van der Waals surface area contributed by atoms with Gasteiger partial charge < -0.3 is 15.4 Å². The molecule has 2 amide bonds. The van der Waals surface area contributed by atoms with Gasteiger partial charge in [-0.2, -0.15) is 0 Å². The molecule has 4 rings (SSSR count). The monoisotopic (exact) mass is 401 g/mol. The van der Waals surface area contributed by atoms with Crippen LogP contribution in [0, 0.1) is 6.92 Å². The number of carbonyl (C=O) groups is 2. The van der Waals surface area contributed by atoms with Gasteiger partial charge in [-0.3, -0.25) is 14.3 Å². The molecule has 0 aromatic heterocycles. The topological polar surface area (TPSA) is 114 Å². The Morgan fingerprint density at radius 2 is 1.86 bits per heavy atom. The van der Waals surface area contributed by atoms with Crippen LogP contribution < -0.4 is 20.1 Å². The van der Waals surface area contributed by atoms with E-state index in [9.17, 15) is 18.0 Å². The van der Waals surface area contributed by atoms with E-state index in [2.05, 4.69) is 15.4 Å². The summed E-state index contributed by atoms with van der Waals surface area (Å²) < 4.78 is 33.7. The summed E-state index contributed by atoms with van der Waals surface area (Å²) in [6, 6.07) is 7.68. The predicted molar refractivity (Wildman–Crippen MR) is 104 cm³/mol. The molecule has 2 aliphatic heterocycles. The number of fused-ring (bicyclic) bond motifs is 2. The smallest absolute Gasteiger partial charge is 0.262 e. The summed E-state index contributed by atoms with van der Waals surface area (Å²) in [6.45, 7) is 5.15. The molecule has 2 aromatic carbocycles. The first-order valence-electron chi connectivity index (χ1n) is 8.64. The van der Waals surface area contributed by atoms with Crippen molar-refractivity contribution in [3.8, 4) is 5.75 Å². The number of rotatable bonds is 3. The molecule has 2 aliphatic rings. The van der Waals surface area contributed by atoms with Gasteiger partial charge in [-0.25, -0.2) is 8.42 Å². The number of nitrogens with one attached hydrogen (secondary N) is 3. The fourth-order valence-electron chi connectivity index (χ4n) is 3.31. The van der Waals surface area contributed by atoms with Crippen LogP contribution in [-0.2, 0) is 25.0 Å². The first-order chi connectivity index (χ1) is 13.1. The Hall–Kier alpha value is -3.07. The number of hydrogen-bond donors (Lipinski definition) is 3. The van der Waals surface area contributed by atoms with E-state index in [-0.39, 0.29) is 23.3 Å². The summed E-state index contributed by atoms with van der Waals surface area (Å²) in [5.41, 5.74) is 1.96. The van der Waals surface area contributed by atoms with Crippen LogP contribution in [0.5, 0.6) is 5.75 Å². The minimum atomic E-state index is -3.89. The van der Waals surface area contributed by atoms with Gasteiger partial charge in [-0.1, -0.05) is 0 Å². The molecule has 0 radical (unpaired) electrons. The van der Waals surface area contributed by atoms with E-state index >= 15 is 0 Å². The normalized spacial score (nSPS) is 17.1. The van der Waals surface area contributed by atoms with Gasteiger partial charge in [0.2, 0.25) is 5.91 Å². The minimum Gasteiger partial charge on any atom is -0.482 e. The summed E-state index contributed by atoms with van der Waals surface area (Å²) >= 11 is 0. The zero-order valence-electron chi connectivity index (χ0n) is 15.5. The highest BCUT2D eigenvalue weighted by Gasteiger charge is 2.40. The number of ether oxygens (including phenoxy) is 1. The second-order valence-electron chi connectivity index (χ2n) is 7.40. The first-order valence-corrected chi connectivity index (χ1v) is 10.1. The van der Waals surface area contributed by atoms with E-state index in [1.807, 2.05) is 0 Å². The molecule has 0 fully saturated rings. The van der Waals surface area contributed by atoms with Crippen LogP contribution in [0.2, 0.25) is 0 Å². The standard InChI is InChI=1S/C19H19N3O5S/c1-10-6-12(8-13-17(10)21-18(24)19(13,2)3)28(25,26)22-11-4-5-14-15(7-11)27-9-16(23)20-14/h4-8,22H,9H2,1-3H3,(H,20,23)(H,21,24). The summed E-state index contributed by atoms with van der Waals surface area (Å²) in [5.74, 6) is -0.0388.